The van der Waals surface area contributed by atoms with Gasteiger partial charge < -0.3 is 16.4 Å². The van der Waals surface area contributed by atoms with E-state index in [-0.39, 0.29) is 19.0 Å². The predicted octanol–water partition coefficient (Wildman–Crippen LogP) is 0.0388. The topological polar surface area (TPSA) is 92.7 Å². The molecule has 0 atom stereocenters. The average molecular weight is 264 g/mol. The van der Waals surface area contributed by atoms with Gasteiger partial charge in [0, 0.05) is 18.4 Å². The number of benzene rings is 1. The van der Waals surface area contributed by atoms with E-state index in [9.17, 15) is 9.59 Å². The van der Waals surface area contributed by atoms with Crippen LogP contribution in [0.25, 0.3) is 0 Å². The Morgan fingerprint density at radius 1 is 1.16 bits per heavy atom. The highest BCUT2D eigenvalue weighted by Crippen LogP contribution is 2.15. The van der Waals surface area contributed by atoms with Gasteiger partial charge in [-0.2, -0.15) is 0 Å². The number of nitrogen functional groups attached to an aromatic ring is 1. The number of amides is 2. The second-order valence-electron chi connectivity index (χ2n) is 4.31. The Morgan fingerprint density at radius 3 is 2.21 bits per heavy atom. The molecule has 0 heterocycles. The molecule has 0 aliphatic heterocycles. The number of hydrogen-bond donors (Lipinski definition) is 2. The second kappa shape index (κ2) is 6.75. The summed E-state index contributed by atoms with van der Waals surface area (Å²) in [6, 6.07) is 7.02. The average Bonchev–Trinajstić information content (AvgIpc) is 2.37. The number of carbonyl (C=O) groups excluding carboxylic acids is 2. The van der Waals surface area contributed by atoms with Crippen LogP contribution in [0.3, 0.4) is 0 Å². The van der Waals surface area contributed by atoms with Crippen molar-refractivity contribution in [3.63, 3.8) is 0 Å². The molecule has 104 valence electrons. The highest BCUT2D eigenvalue weighted by atomic mass is 16.2. The van der Waals surface area contributed by atoms with Gasteiger partial charge in [0.05, 0.1) is 13.1 Å². The van der Waals surface area contributed by atoms with Gasteiger partial charge in [0.1, 0.15) is 0 Å². The van der Waals surface area contributed by atoms with Gasteiger partial charge in [-0.05, 0) is 30.8 Å². The summed E-state index contributed by atoms with van der Waals surface area (Å²) in [4.78, 5) is 26.2. The maximum atomic E-state index is 12.1. The molecule has 0 saturated heterocycles. The van der Waals surface area contributed by atoms with E-state index in [0.717, 1.165) is 5.69 Å². The van der Waals surface area contributed by atoms with E-state index in [1.807, 2.05) is 6.92 Å². The zero-order valence-corrected chi connectivity index (χ0v) is 11.3. The van der Waals surface area contributed by atoms with Crippen molar-refractivity contribution >= 4 is 23.2 Å². The lowest BCUT2D eigenvalue weighted by Crippen LogP contribution is -2.42. The van der Waals surface area contributed by atoms with Crippen LogP contribution in [0.15, 0.2) is 24.3 Å². The third-order valence-corrected chi connectivity index (χ3v) is 2.84. The number of nitrogens with two attached hydrogens (primary N) is 2. The molecule has 0 aromatic heterocycles. The van der Waals surface area contributed by atoms with Crippen LogP contribution in [0, 0.1) is 0 Å². The van der Waals surface area contributed by atoms with Crippen LogP contribution in [0.4, 0.5) is 11.4 Å². The monoisotopic (exact) mass is 264 g/mol. The molecule has 1 aromatic rings. The Balaban J connectivity index is 2.66. The lowest BCUT2D eigenvalue weighted by atomic mass is 10.2. The molecule has 0 radical (unpaired) electrons. The molecule has 0 unspecified atom stereocenters. The SMILES string of the molecule is CCN(CC(N)=O)CC(=O)N(C)c1ccc(N)cc1. The molecule has 6 nitrogen and oxygen atoms in total. The zero-order chi connectivity index (χ0) is 14.4. The minimum atomic E-state index is -0.440. The van der Waals surface area contributed by atoms with Crippen LogP contribution >= 0.6 is 0 Å². The molecule has 2 amide bonds. The van der Waals surface area contributed by atoms with Gasteiger partial charge in [-0.3, -0.25) is 14.5 Å². The Kier molecular flexibility index (Phi) is 5.32. The normalized spacial score (nSPS) is 10.5. The second-order valence-corrected chi connectivity index (χ2v) is 4.31. The number of hydrogen-bond acceptors (Lipinski definition) is 4. The van der Waals surface area contributed by atoms with Crippen molar-refractivity contribution in [3.05, 3.63) is 24.3 Å². The highest BCUT2D eigenvalue weighted by molar-refractivity contribution is 5.94. The lowest BCUT2D eigenvalue weighted by molar-refractivity contribution is -0.122. The number of likely N-dealkylation sites (N-methyl/N-ethyl adjacent to an activating group) is 2. The van der Waals surface area contributed by atoms with Gasteiger partial charge in [0.25, 0.3) is 0 Å². The fourth-order valence-corrected chi connectivity index (χ4v) is 1.64. The molecule has 0 aliphatic carbocycles. The summed E-state index contributed by atoms with van der Waals surface area (Å²) >= 11 is 0. The molecule has 0 aliphatic rings. The summed E-state index contributed by atoms with van der Waals surface area (Å²) in [5, 5.41) is 0. The summed E-state index contributed by atoms with van der Waals surface area (Å²) < 4.78 is 0. The van der Waals surface area contributed by atoms with Crippen molar-refractivity contribution in [1.82, 2.24) is 4.90 Å². The predicted molar refractivity (Wildman–Crippen MR) is 75.6 cm³/mol. The Labute approximate surface area is 113 Å². The van der Waals surface area contributed by atoms with Crippen LogP contribution in [0.5, 0.6) is 0 Å². The van der Waals surface area contributed by atoms with Crippen molar-refractivity contribution in [2.75, 3.05) is 37.3 Å². The van der Waals surface area contributed by atoms with Crippen molar-refractivity contribution in [1.29, 1.82) is 0 Å². The van der Waals surface area contributed by atoms with Crippen LogP contribution < -0.4 is 16.4 Å². The molecule has 0 bridgehead atoms. The lowest BCUT2D eigenvalue weighted by Gasteiger charge is -2.23. The summed E-state index contributed by atoms with van der Waals surface area (Å²) in [6.07, 6.45) is 0. The first-order valence-corrected chi connectivity index (χ1v) is 6.06. The van der Waals surface area contributed by atoms with Gasteiger partial charge in [0.2, 0.25) is 11.8 Å². The number of anilines is 2. The Bertz CT molecular complexity index is 444. The van der Waals surface area contributed by atoms with Crippen LogP contribution in [0.2, 0.25) is 0 Å². The molecule has 1 rings (SSSR count). The molecule has 0 fully saturated rings. The smallest absolute Gasteiger partial charge is 0.240 e. The van der Waals surface area contributed by atoms with Gasteiger partial charge in [0.15, 0.2) is 0 Å². The van der Waals surface area contributed by atoms with E-state index < -0.39 is 5.91 Å². The molecule has 1 aromatic carbocycles. The fourth-order valence-electron chi connectivity index (χ4n) is 1.64. The largest absolute Gasteiger partial charge is 0.399 e. The maximum Gasteiger partial charge on any atom is 0.240 e. The third-order valence-electron chi connectivity index (χ3n) is 2.84. The summed E-state index contributed by atoms with van der Waals surface area (Å²) in [5.41, 5.74) is 12.1. The van der Waals surface area contributed by atoms with Gasteiger partial charge in [-0.1, -0.05) is 6.92 Å². The van der Waals surface area contributed by atoms with Gasteiger partial charge >= 0.3 is 0 Å². The quantitative estimate of drug-likeness (QED) is 0.709. The molecule has 6 heteroatoms. The molecular formula is C13H20N4O2. The van der Waals surface area contributed by atoms with Crippen LogP contribution in [-0.2, 0) is 9.59 Å². The number of rotatable bonds is 6. The van der Waals surface area contributed by atoms with E-state index in [1.165, 1.54) is 4.90 Å². The highest BCUT2D eigenvalue weighted by Gasteiger charge is 2.15. The standard InChI is InChI=1S/C13H20N4O2/c1-3-17(8-12(15)18)9-13(19)16(2)11-6-4-10(14)5-7-11/h4-7H,3,8-9,14H2,1-2H3,(H2,15,18). The Hall–Kier alpha value is -2.08. The van der Waals surface area contributed by atoms with Crippen LogP contribution in [0.1, 0.15) is 6.92 Å². The van der Waals surface area contributed by atoms with E-state index in [2.05, 4.69) is 0 Å². The van der Waals surface area contributed by atoms with E-state index in [4.69, 9.17) is 11.5 Å². The van der Waals surface area contributed by atoms with Crippen molar-refractivity contribution in [3.8, 4) is 0 Å². The van der Waals surface area contributed by atoms with Gasteiger partial charge in [-0.15, -0.1) is 0 Å². The zero-order valence-electron chi connectivity index (χ0n) is 11.3. The van der Waals surface area contributed by atoms with Crippen molar-refractivity contribution in [2.45, 2.75) is 6.92 Å². The molecule has 0 saturated carbocycles. The summed E-state index contributed by atoms with van der Waals surface area (Å²) in [6.45, 7) is 2.70. The number of nitrogens with zero attached hydrogens (tertiary/aromatic N) is 2. The van der Waals surface area contributed by atoms with E-state index >= 15 is 0 Å². The Morgan fingerprint density at radius 2 is 1.74 bits per heavy atom. The van der Waals surface area contributed by atoms with E-state index in [1.54, 1.807) is 36.2 Å². The maximum absolute atomic E-state index is 12.1. The molecule has 0 spiro atoms. The molecule has 4 N–H and O–H groups in total. The summed E-state index contributed by atoms with van der Waals surface area (Å²) in [5.74, 6) is -0.544. The van der Waals surface area contributed by atoms with Gasteiger partial charge in [-0.25, -0.2) is 0 Å². The van der Waals surface area contributed by atoms with Crippen molar-refractivity contribution < 1.29 is 9.59 Å². The molecular weight excluding hydrogens is 244 g/mol. The first-order valence-electron chi connectivity index (χ1n) is 6.06. The number of primary amides is 1. The number of carbonyl (C=O) groups is 2. The summed E-state index contributed by atoms with van der Waals surface area (Å²) in [7, 11) is 1.69. The first-order chi connectivity index (χ1) is 8.93. The minimum Gasteiger partial charge on any atom is -0.399 e. The molecule has 19 heavy (non-hydrogen) atoms. The van der Waals surface area contributed by atoms with Crippen LogP contribution in [-0.4, -0.2) is 43.4 Å². The minimum absolute atomic E-state index is 0.0812. The first kappa shape index (κ1) is 15.0. The van der Waals surface area contributed by atoms with Crippen molar-refractivity contribution in [2.24, 2.45) is 5.73 Å². The third kappa shape index (κ3) is 4.59. The fraction of sp³-hybridized carbons (Fsp3) is 0.385. The van der Waals surface area contributed by atoms with E-state index in [0.29, 0.717) is 12.2 Å².